The number of aryl methyl sites for hydroxylation is 1. The largest absolute Gasteiger partial charge is 0.506 e. The monoisotopic (exact) mass is 888 g/mol. The molecular weight excluding hydrogens is 831 g/mol. The van der Waals surface area contributed by atoms with Crippen molar-refractivity contribution in [2.75, 3.05) is 30.4 Å². The van der Waals surface area contributed by atoms with E-state index in [1.807, 2.05) is 72.8 Å². The van der Waals surface area contributed by atoms with Gasteiger partial charge in [-0.2, -0.15) is 0 Å². The number of aromatic nitrogens is 1. The Kier molecular flexibility index (Phi) is 18.8. The third-order valence-corrected chi connectivity index (χ3v) is 11.3. The van der Waals surface area contributed by atoms with Crippen molar-refractivity contribution in [3.63, 3.8) is 0 Å². The van der Waals surface area contributed by atoms with E-state index in [1.54, 1.807) is 24.1 Å². The predicted molar refractivity (Wildman–Crippen MR) is 250 cm³/mol. The minimum absolute atomic E-state index is 0. The molecule has 0 aliphatic heterocycles. The van der Waals surface area contributed by atoms with Crippen LogP contribution in [0.3, 0.4) is 0 Å². The van der Waals surface area contributed by atoms with Gasteiger partial charge < -0.3 is 41.6 Å². The van der Waals surface area contributed by atoms with Gasteiger partial charge in [0.15, 0.2) is 0 Å². The fraction of sp³-hybridized carbons (Fsp3) is 0.362. The summed E-state index contributed by atoms with van der Waals surface area (Å²) < 4.78 is 0. The maximum atomic E-state index is 13.0. The second-order valence-corrected chi connectivity index (χ2v) is 15.7. The third kappa shape index (κ3) is 13.3. The summed E-state index contributed by atoms with van der Waals surface area (Å²) in [7, 11) is 1.78. The Morgan fingerprint density at radius 1 is 0.855 bits per heavy atom. The van der Waals surface area contributed by atoms with Crippen LogP contribution < -0.4 is 26.8 Å². The van der Waals surface area contributed by atoms with Crippen LogP contribution in [0.1, 0.15) is 80.6 Å². The van der Waals surface area contributed by atoms with Gasteiger partial charge >= 0.3 is 6.09 Å². The number of aromatic hydroxyl groups is 1. The maximum Gasteiger partial charge on any atom is 0.412 e. The fourth-order valence-corrected chi connectivity index (χ4v) is 7.95. The number of nitrogens with one attached hydrogen (secondary N) is 3. The van der Waals surface area contributed by atoms with Gasteiger partial charge in [-0.25, -0.2) is 4.79 Å². The van der Waals surface area contributed by atoms with Crippen molar-refractivity contribution in [1.82, 2.24) is 15.2 Å². The molecule has 15 heteroatoms. The summed E-state index contributed by atoms with van der Waals surface area (Å²) >= 11 is 0. The van der Waals surface area contributed by atoms with Gasteiger partial charge in [0, 0.05) is 74.3 Å². The second kappa shape index (κ2) is 23.7. The van der Waals surface area contributed by atoms with E-state index in [1.165, 1.54) is 17.0 Å². The van der Waals surface area contributed by atoms with Gasteiger partial charge in [-0.05, 0) is 104 Å². The zero-order chi connectivity index (χ0) is 42.6. The number of amides is 3. The van der Waals surface area contributed by atoms with Gasteiger partial charge in [-0.15, -0.1) is 24.8 Å². The van der Waals surface area contributed by atoms with Crippen molar-refractivity contribution in [2.24, 2.45) is 5.73 Å². The van der Waals surface area contributed by atoms with Gasteiger partial charge in [0.25, 0.3) is 0 Å². The van der Waals surface area contributed by atoms with E-state index in [0.29, 0.717) is 73.9 Å². The molecule has 0 spiro atoms. The van der Waals surface area contributed by atoms with E-state index in [-0.39, 0.29) is 72.1 Å². The second-order valence-electron chi connectivity index (χ2n) is 15.7. The molecule has 4 aromatic carbocycles. The summed E-state index contributed by atoms with van der Waals surface area (Å²) in [5.74, 6) is -0.137. The number of phenolic OH excluding ortho intramolecular Hbond substituents is 1. The Morgan fingerprint density at radius 3 is 2.27 bits per heavy atom. The first-order chi connectivity index (χ1) is 29.0. The molecule has 3 amide bonds. The van der Waals surface area contributed by atoms with Crippen molar-refractivity contribution in [3.05, 3.63) is 124 Å². The molecule has 1 fully saturated rings. The van der Waals surface area contributed by atoms with Crippen molar-refractivity contribution in [2.45, 2.75) is 88.9 Å². The van der Waals surface area contributed by atoms with Crippen LogP contribution in [0.15, 0.2) is 102 Å². The van der Waals surface area contributed by atoms with Crippen LogP contribution in [0.4, 0.5) is 16.2 Å². The zero-order valence-corrected chi connectivity index (χ0v) is 36.6. The van der Waals surface area contributed by atoms with Crippen LogP contribution in [0.5, 0.6) is 5.75 Å². The number of pyridine rings is 1. The first-order valence-corrected chi connectivity index (χ1v) is 20.8. The summed E-state index contributed by atoms with van der Waals surface area (Å²) in [6.45, 7) is 1.27. The van der Waals surface area contributed by atoms with Crippen LogP contribution in [-0.4, -0.2) is 75.3 Å². The number of rotatable bonds is 18. The SMILES string of the molecule is CN(CCCCC(=O)Nc1ccc(CNC[C@H](O)c2ccc(O)c3[nH]c(=O)ccc23)cc1)C(=O)CCCc1ccc(-c2ccccc2)c(N(C(=O)O)[C@H]2CC[C@H](N)CC2)c1.Cl.Cl. The molecule has 0 radical (unpaired) electrons. The van der Waals surface area contributed by atoms with E-state index in [0.717, 1.165) is 47.9 Å². The van der Waals surface area contributed by atoms with E-state index in [9.17, 15) is 34.5 Å². The Balaban J connectivity index is 0.00000422. The molecule has 1 heterocycles. The lowest BCUT2D eigenvalue weighted by molar-refractivity contribution is -0.130. The Hall–Kier alpha value is -5.44. The number of H-pyrrole nitrogens is 1. The molecule has 1 atom stereocenters. The number of nitrogens with zero attached hydrogens (tertiary/aromatic N) is 2. The average molecular weight is 890 g/mol. The normalized spacial score (nSPS) is 15.1. The molecular formula is C47H58Cl2N6O7. The number of halogens is 2. The van der Waals surface area contributed by atoms with Crippen LogP contribution in [0.2, 0.25) is 0 Å². The highest BCUT2D eigenvalue weighted by Gasteiger charge is 2.31. The molecule has 0 unspecified atom stereocenters. The molecule has 0 bridgehead atoms. The molecule has 13 nitrogen and oxygen atoms in total. The quantitative estimate of drug-likeness (QED) is 0.0427. The zero-order valence-electron chi connectivity index (χ0n) is 34.9. The molecule has 1 aliphatic rings. The number of aromatic amines is 1. The number of aliphatic hydroxyl groups is 1. The number of benzene rings is 4. The topological polar surface area (TPSA) is 201 Å². The first kappa shape index (κ1) is 49.2. The van der Waals surface area contributed by atoms with Crippen LogP contribution >= 0.6 is 24.8 Å². The fourth-order valence-electron chi connectivity index (χ4n) is 7.95. The summed E-state index contributed by atoms with van der Waals surface area (Å²) in [5.41, 5.74) is 11.8. The number of carbonyl (C=O) groups excluding carboxylic acids is 2. The lowest BCUT2D eigenvalue weighted by Gasteiger charge is -2.35. The minimum atomic E-state index is -0.975. The van der Waals surface area contributed by atoms with Crippen molar-refractivity contribution < 1.29 is 29.7 Å². The van der Waals surface area contributed by atoms with E-state index < -0.39 is 12.2 Å². The number of anilines is 2. The maximum absolute atomic E-state index is 13.0. The molecule has 62 heavy (non-hydrogen) atoms. The number of hydrogen-bond acceptors (Lipinski definition) is 8. The van der Waals surface area contributed by atoms with Crippen LogP contribution in [0, 0.1) is 0 Å². The highest BCUT2D eigenvalue weighted by atomic mass is 35.5. The molecule has 1 saturated carbocycles. The molecule has 8 N–H and O–H groups in total. The number of nitrogens with two attached hydrogens (primary N) is 1. The van der Waals surface area contributed by atoms with Crippen molar-refractivity contribution >= 4 is 65.0 Å². The molecule has 5 aromatic rings. The molecule has 0 saturated heterocycles. The van der Waals surface area contributed by atoms with E-state index in [4.69, 9.17) is 5.73 Å². The van der Waals surface area contributed by atoms with Gasteiger partial charge in [0.05, 0.1) is 17.3 Å². The minimum Gasteiger partial charge on any atom is -0.506 e. The number of carboxylic acid groups (broad SMARTS) is 1. The Labute approximate surface area is 374 Å². The van der Waals surface area contributed by atoms with Crippen molar-refractivity contribution in [1.29, 1.82) is 0 Å². The van der Waals surface area contributed by atoms with Gasteiger partial charge in [-0.3, -0.25) is 19.3 Å². The summed E-state index contributed by atoms with van der Waals surface area (Å²) in [4.78, 5) is 55.9. The number of phenols is 1. The highest BCUT2D eigenvalue weighted by Crippen LogP contribution is 2.36. The summed E-state index contributed by atoms with van der Waals surface area (Å²) in [6, 6.07) is 29.2. The first-order valence-electron chi connectivity index (χ1n) is 20.8. The van der Waals surface area contributed by atoms with Crippen LogP contribution in [-0.2, 0) is 22.6 Å². The Morgan fingerprint density at radius 2 is 1.56 bits per heavy atom. The predicted octanol–water partition coefficient (Wildman–Crippen LogP) is 7.91. The van der Waals surface area contributed by atoms with Crippen LogP contribution in [0.25, 0.3) is 22.0 Å². The lowest BCUT2D eigenvalue weighted by atomic mass is 9.89. The number of unbranched alkanes of at least 4 members (excludes halogenated alkanes) is 1. The summed E-state index contributed by atoms with van der Waals surface area (Å²) in [6.07, 6.45) is 4.43. The molecule has 1 aliphatic carbocycles. The van der Waals surface area contributed by atoms with Gasteiger partial charge in [0.2, 0.25) is 17.4 Å². The highest BCUT2D eigenvalue weighted by molar-refractivity contribution is 5.94. The molecule has 1 aromatic heterocycles. The number of carbonyl (C=O) groups is 3. The number of aliphatic hydroxyl groups excluding tert-OH is 1. The Bertz CT molecular complexity index is 2300. The van der Waals surface area contributed by atoms with E-state index in [2.05, 4.69) is 15.6 Å². The molecule has 332 valence electrons. The smallest absolute Gasteiger partial charge is 0.412 e. The standard InChI is InChI=1S/C47H56N6O7.2ClH/c1-52(45(58)12-7-8-31-15-22-37(33-9-3-2-4-10-33)40(28-31)53(47(59)60)36-20-16-34(48)17-21-36)27-6-5-11-43(56)50-35-18-13-32(14-19-35)29-49-30-42(55)38-23-25-41(54)46-39(38)24-26-44(57)51-46;;/h2-4,9-10,13-15,18-19,22-26,28,34,36,42,49,54-55H,5-8,11-12,16-17,20-21,27,29-30,48H2,1H3,(H,50,56)(H,51,57)(H,59,60);2*1H/t34-,36-,42-;;/m0../s1. The number of fused-ring (bicyclic) bond motifs is 1. The number of hydrogen-bond donors (Lipinski definition) is 7. The third-order valence-electron chi connectivity index (χ3n) is 11.3. The molecule has 6 rings (SSSR count). The average Bonchev–Trinajstić information content (AvgIpc) is 3.24. The van der Waals surface area contributed by atoms with Crippen molar-refractivity contribution in [3.8, 4) is 16.9 Å². The van der Waals surface area contributed by atoms with Gasteiger partial charge in [0.1, 0.15) is 5.75 Å². The van der Waals surface area contributed by atoms with E-state index >= 15 is 0 Å². The van der Waals surface area contributed by atoms with Gasteiger partial charge in [-0.1, -0.05) is 60.7 Å². The lowest BCUT2D eigenvalue weighted by Crippen LogP contribution is -2.44. The summed E-state index contributed by atoms with van der Waals surface area (Å²) in [5, 5.41) is 38.0.